The molecule has 1 atom stereocenters. The van der Waals surface area contributed by atoms with E-state index < -0.39 is 0 Å². The fraction of sp³-hybridized carbons (Fsp3) is 0.278. The van der Waals surface area contributed by atoms with Crippen molar-refractivity contribution in [2.24, 2.45) is 0 Å². The number of carbonyl (C=O) groups excluding carboxylic acids is 1. The van der Waals surface area contributed by atoms with Crippen LogP contribution >= 0.6 is 0 Å². The summed E-state index contributed by atoms with van der Waals surface area (Å²) in [6.07, 6.45) is 0. The number of likely N-dealkylation sites (N-methyl/N-ethyl adjacent to an activating group) is 1. The fourth-order valence-electron chi connectivity index (χ4n) is 2.25. The molecule has 2 N–H and O–H groups in total. The predicted octanol–water partition coefficient (Wildman–Crippen LogP) is 2.60. The van der Waals surface area contributed by atoms with Crippen molar-refractivity contribution in [3.63, 3.8) is 0 Å². The lowest BCUT2D eigenvalue weighted by Gasteiger charge is -2.23. The molecule has 22 heavy (non-hydrogen) atoms. The van der Waals surface area contributed by atoms with Gasteiger partial charge in [0.05, 0.1) is 12.6 Å². The summed E-state index contributed by atoms with van der Waals surface area (Å²) in [7, 11) is 1.82. The molecule has 0 spiro atoms. The minimum atomic E-state index is -0.309. The van der Waals surface area contributed by atoms with Crippen molar-refractivity contribution in [2.75, 3.05) is 25.5 Å². The molecule has 0 saturated heterocycles. The molecule has 0 fully saturated rings. The summed E-state index contributed by atoms with van der Waals surface area (Å²) in [4.78, 5) is 14.2. The van der Waals surface area contributed by atoms with Gasteiger partial charge in [0.2, 0.25) is 5.91 Å². The number of aliphatic hydroxyl groups is 1. The number of hydrogen-bond donors (Lipinski definition) is 2. The van der Waals surface area contributed by atoms with Crippen LogP contribution < -0.4 is 5.32 Å². The molecule has 0 heterocycles. The molecular formula is C18H22N2O2. The summed E-state index contributed by atoms with van der Waals surface area (Å²) in [6, 6.07) is 17.4. The Bertz CT molecular complexity index is 613. The molecule has 2 rings (SSSR count). The monoisotopic (exact) mass is 298 g/mol. The van der Waals surface area contributed by atoms with Crippen molar-refractivity contribution in [3.05, 3.63) is 54.6 Å². The van der Waals surface area contributed by atoms with Crippen LogP contribution in [-0.4, -0.2) is 42.2 Å². The number of carbonyl (C=O) groups is 1. The smallest absolute Gasteiger partial charge is 0.241 e. The molecule has 2 aromatic carbocycles. The maximum absolute atomic E-state index is 12.4. The van der Waals surface area contributed by atoms with E-state index in [1.807, 2.05) is 73.5 Å². The third kappa shape index (κ3) is 3.93. The normalized spacial score (nSPS) is 12.2. The number of aliphatic hydroxyl groups excluding tert-OH is 1. The van der Waals surface area contributed by atoms with Crippen molar-refractivity contribution in [2.45, 2.75) is 13.0 Å². The molecule has 116 valence electrons. The molecule has 0 radical (unpaired) electrons. The molecule has 4 nitrogen and oxygen atoms in total. The van der Waals surface area contributed by atoms with Gasteiger partial charge in [-0.25, -0.2) is 0 Å². The Kier molecular flexibility index (Phi) is 5.69. The van der Waals surface area contributed by atoms with Crippen LogP contribution in [-0.2, 0) is 4.79 Å². The van der Waals surface area contributed by atoms with E-state index >= 15 is 0 Å². The average molecular weight is 298 g/mol. The van der Waals surface area contributed by atoms with Crippen LogP contribution in [0.1, 0.15) is 6.92 Å². The molecule has 4 heteroatoms. The lowest BCUT2D eigenvalue weighted by Crippen LogP contribution is -2.40. The Morgan fingerprint density at radius 3 is 2.45 bits per heavy atom. The van der Waals surface area contributed by atoms with Crippen LogP contribution in [0.4, 0.5) is 5.69 Å². The second-order valence-corrected chi connectivity index (χ2v) is 5.28. The summed E-state index contributed by atoms with van der Waals surface area (Å²) in [5, 5.41) is 12.0. The molecule has 0 aromatic heterocycles. The highest BCUT2D eigenvalue weighted by Crippen LogP contribution is 2.27. The van der Waals surface area contributed by atoms with E-state index in [1.54, 1.807) is 0 Å². The van der Waals surface area contributed by atoms with Gasteiger partial charge in [-0.05, 0) is 25.6 Å². The highest BCUT2D eigenvalue weighted by molar-refractivity contribution is 5.98. The molecule has 1 amide bonds. The topological polar surface area (TPSA) is 52.6 Å². The van der Waals surface area contributed by atoms with Gasteiger partial charge < -0.3 is 10.4 Å². The third-order valence-corrected chi connectivity index (χ3v) is 3.76. The molecule has 2 aromatic rings. The highest BCUT2D eigenvalue weighted by atomic mass is 16.3. The van der Waals surface area contributed by atoms with Crippen molar-refractivity contribution in [1.82, 2.24) is 4.90 Å². The first-order valence-electron chi connectivity index (χ1n) is 7.40. The first kappa shape index (κ1) is 16.2. The van der Waals surface area contributed by atoms with Gasteiger partial charge in [0, 0.05) is 17.8 Å². The number of rotatable bonds is 6. The largest absolute Gasteiger partial charge is 0.395 e. The van der Waals surface area contributed by atoms with Crippen molar-refractivity contribution in [3.8, 4) is 11.1 Å². The van der Waals surface area contributed by atoms with Gasteiger partial charge in [0.15, 0.2) is 0 Å². The SMILES string of the molecule is CC(C(=O)Nc1ccccc1-c1ccccc1)N(C)CCO. The zero-order valence-electron chi connectivity index (χ0n) is 13.0. The van der Waals surface area contributed by atoms with Crippen LogP contribution in [0.15, 0.2) is 54.6 Å². The number of amides is 1. The van der Waals surface area contributed by atoms with E-state index in [-0.39, 0.29) is 18.6 Å². The number of hydrogen-bond acceptors (Lipinski definition) is 3. The van der Waals surface area contributed by atoms with Crippen LogP contribution in [0.25, 0.3) is 11.1 Å². The Morgan fingerprint density at radius 1 is 1.14 bits per heavy atom. The first-order chi connectivity index (χ1) is 10.6. The lowest BCUT2D eigenvalue weighted by atomic mass is 10.0. The maximum Gasteiger partial charge on any atom is 0.241 e. The van der Waals surface area contributed by atoms with Crippen LogP contribution in [0.2, 0.25) is 0 Å². The Hall–Kier alpha value is -2.17. The summed E-state index contributed by atoms with van der Waals surface area (Å²) >= 11 is 0. The molecular weight excluding hydrogens is 276 g/mol. The maximum atomic E-state index is 12.4. The summed E-state index contributed by atoms with van der Waals surface area (Å²) in [6.45, 7) is 2.33. The van der Waals surface area contributed by atoms with Crippen molar-refractivity contribution >= 4 is 11.6 Å². The standard InChI is InChI=1S/C18H22N2O2/c1-14(20(2)12-13-21)18(22)19-17-11-7-6-10-16(17)15-8-4-3-5-9-15/h3-11,14,21H,12-13H2,1-2H3,(H,19,22). The van der Waals surface area contributed by atoms with E-state index in [1.165, 1.54) is 0 Å². The summed E-state index contributed by atoms with van der Waals surface area (Å²) < 4.78 is 0. The minimum absolute atomic E-state index is 0.0364. The molecule has 1 unspecified atom stereocenters. The van der Waals surface area contributed by atoms with Gasteiger partial charge in [-0.2, -0.15) is 0 Å². The lowest BCUT2D eigenvalue weighted by molar-refractivity contribution is -0.120. The quantitative estimate of drug-likeness (QED) is 0.862. The predicted molar refractivity (Wildman–Crippen MR) is 89.7 cm³/mol. The molecule has 0 saturated carbocycles. The van der Waals surface area contributed by atoms with Gasteiger partial charge >= 0.3 is 0 Å². The Labute approximate surface area is 131 Å². The first-order valence-corrected chi connectivity index (χ1v) is 7.40. The van der Waals surface area contributed by atoms with Gasteiger partial charge in [0.25, 0.3) is 0 Å². The second-order valence-electron chi connectivity index (χ2n) is 5.28. The molecule has 0 bridgehead atoms. The van der Waals surface area contributed by atoms with E-state index in [0.717, 1.165) is 16.8 Å². The van der Waals surface area contributed by atoms with E-state index in [4.69, 9.17) is 5.11 Å². The number of para-hydroxylation sites is 1. The molecule has 0 aliphatic heterocycles. The van der Waals surface area contributed by atoms with E-state index in [9.17, 15) is 4.79 Å². The number of anilines is 1. The average Bonchev–Trinajstić information content (AvgIpc) is 2.55. The summed E-state index contributed by atoms with van der Waals surface area (Å²) in [5.41, 5.74) is 2.85. The second kappa shape index (κ2) is 7.73. The minimum Gasteiger partial charge on any atom is -0.395 e. The van der Waals surface area contributed by atoms with Crippen LogP contribution in [0.3, 0.4) is 0 Å². The van der Waals surface area contributed by atoms with Gasteiger partial charge in [0.1, 0.15) is 0 Å². The molecule has 0 aliphatic rings. The zero-order chi connectivity index (χ0) is 15.9. The zero-order valence-corrected chi connectivity index (χ0v) is 13.0. The fourth-order valence-corrected chi connectivity index (χ4v) is 2.25. The van der Waals surface area contributed by atoms with Crippen molar-refractivity contribution in [1.29, 1.82) is 0 Å². The number of nitrogens with zero attached hydrogens (tertiary/aromatic N) is 1. The summed E-state index contributed by atoms with van der Waals surface area (Å²) in [5.74, 6) is -0.0840. The highest BCUT2D eigenvalue weighted by Gasteiger charge is 2.18. The van der Waals surface area contributed by atoms with E-state index in [2.05, 4.69) is 5.32 Å². The van der Waals surface area contributed by atoms with Crippen LogP contribution in [0.5, 0.6) is 0 Å². The van der Waals surface area contributed by atoms with E-state index in [0.29, 0.717) is 6.54 Å². The third-order valence-electron chi connectivity index (χ3n) is 3.76. The molecule has 0 aliphatic carbocycles. The number of nitrogens with one attached hydrogen (secondary N) is 1. The Morgan fingerprint density at radius 2 is 1.77 bits per heavy atom. The number of benzene rings is 2. The van der Waals surface area contributed by atoms with Gasteiger partial charge in [-0.3, -0.25) is 9.69 Å². The van der Waals surface area contributed by atoms with Crippen LogP contribution in [0, 0.1) is 0 Å². The van der Waals surface area contributed by atoms with Crippen molar-refractivity contribution < 1.29 is 9.90 Å². The van der Waals surface area contributed by atoms with Gasteiger partial charge in [-0.1, -0.05) is 48.5 Å². The van der Waals surface area contributed by atoms with Gasteiger partial charge in [-0.15, -0.1) is 0 Å². The Balaban J connectivity index is 2.19.